The van der Waals surface area contributed by atoms with Gasteiger partial charge in [-0.05, 0) is 0 Å². The fraction of sp³-hybridized carbons (Fsp3) is 0.375. The Kier molecular flexibility index (Phi) is 4.61. The highest BCUT2D eigenvalue weighted by molar-refractivity contribution is 7.70. The minimum atomic E-state index is -4.81. The molecule has 0 spiro atoms. The van der Waals surface area contributed by atoms with Crippen molar-refractivity contribution in [3.8, 4) is 0 Å². The molecule has 0 fully saturated rings. The summed E-state index contributed by atoms with van der Waals surface area (Å²) in [6, 6.07) is 5.19. The first-order valence-electron chi connectivity index (χ1n) is 4.76. The SMILES string of the molecule is O=P(O)(O)C(CC[n+]1ccccc1)P(=O)(O)O. The smallest absolute Gasteiger partial charge is 0.324 e. The number of nitrogens with zero attached hydrogens (tertiary/aromatic N) is 1. The molecule has 0 radical (unpaired) electrons. The van der Waals surface area contributed by atoms with Crippen molar-refractivity contribution in [3.63, 3.8) is 0 Å². The van der Waals surface area contributed by atoms with E-state index >= 15 is 0 Å². The van der Waals surface area contributed by atoms with Crippen LogP contribution in [0.2, 0.25) is 0 Å². The second-order valence-electron chi connectivity index (χ2n) is 3.56. The molecule has 1 aromatic rings. The molecule has 0 aliphatic heterocycles. The van der Waals surface area contributed by atoms with Gasteiger partial charge in [-0.25, -0.2) is 4.57 Å². The third-order valence-electron chi connectivity index (χ3n) is 2.20. The quantitative estimate of drug-likeness (QED) is 0.447. The van der Waals surface area contributed by atoms with Gasteiger partial charge in [0.2, 0.25) is 0 Å². The van der Waals surface area contributed by atoms with Gasteiger partial charge in [0, 0.05) is 18.6 Å². The van der Waals surface area contributed by atoms with Crippen LogP contribution in [0.25, 0.3) is 0 Å². The fourth-order valence-electron chi connectivity index (χ4n) is 1.38. The molecule has 17 heavy (non-hydrogen) atoms. The maximum atomic E-state index is 11.0. The van der Waals surface area contributed by atoms with Crippen molar-refractivity contribution in [2.24, 2.45) is 0 Å². The zero-order chi connectivity index (χ0) is 13.1. The third-order valence-corrected chi connectivity index (χ3v) is 6.07. The van der Waals surface area contributed by atoms with E-state index in [1.807, 2.05) is 0 Å². The largest absolute Gasteiger partial charge is 0.340 e. The van der Waals surface area contributed by atoms with E-state index in [4.69, 9.17) is 19.6 Å². The monoisotopic (exact) mass is 282 g/mol. The minimum absolute atomic E-state index is 0.127. The maximum Gasteiger partial charge on any atom is 0.340 e. The standard InChI is InChI=1S/C8H13NO6P2/c10-16(11,12)8(17(13,14)15)4-7-9-5-2-1-3-6-9/h1-3,5-6,8H,4,7H2,(H3-,10,11,12,13,14,15)/p+1. The number of rotatable bonds is 5. The number of hydrogen-bond donors (Lipinski definition) is 4. The van der Waals surface area contributed by atoms with Gasteiger partial charge < -0.3 is 19.6 Å². The summed E-state index contributed by atoms with van der Waals surface area (Å²) in [5.74, 6) is 0. The van der Waals surface area contributed by atoms with Crippen LogP contribution in [0.4, 0.5) is 0 Å². The lowest BCUT2D eigenvalue weighted by Gasteiger charge is -2.17. The Hall–Kier alpha value is -0.550. The molecule has 0 bridgehead atoms. The van der Waals surface area contributed by atoms with Gasteiger partial charge >= 0.3 is 15.2 Å². The van der Waals surface area contributed by atoms with E-state index in [1.165, 1.54) is 0 Å². The van der Waals surface area contributed by atoms with Gasteiger partial charge in [0.25, 0.3) is 0 Å². The van der Waals surface area contributed by atoms with Gasteiger partial charge in [-0.1, -0.05) is 6.07 Å². The first kappa shape index (κ1) is 14.5. The first-order chi connectivity index (χ1) is 7.71. The van der Waals surface area contributed by atoms with Crippen molar-refractivity contribution in [2.45, 2.75) is 18.4 Å². The predicted molar refractivity (Wildman–Crippen MR) is 59.1 cm³/mol. The lowest BCUT2D eigenvalue weighted by molar-refractivity contribution is -0.697. The summed E-state index contributed by atoms with van der Waals surface area (Å²) in [4.78, 5) is 35.6. The van der Waals surface area contributed by atoms with Crippen molar-refractivity contribution in [1.29, 1.82) is 0 Å². The average molecular weight is 282 g/mol. The summed E-state index contributed by atoms with van der Waals surface area (Å²) in [5, 5.41) is -1.94. The van der Waals surface area contributed by atoms with Crippen LogP contribution < -0.4 is 4.57 Å². The topological polar surface area (TPSA) is 119 Å². The van der Waals surface area contributed by atoms with Gasteiger partial charge in [0.1, 0.15) is 6.54 Å². The first-order valence-corrected chi connectivity index (χ1v) is 8.12. The van der Waals surface area contributed by atoms with Gasteiger partial charge in [0.05, 0.1) is 0 Å². The van der Waals surface area contributed by atoms with Gasteiger partial charge in [-0.15, -0.1) is 0 Å². The zero-order valence-electron chi connectivity index (χ0n) is 8.83. The van der Waals surface area contributed by atoms with Gasteiger partial charge in [-0.2, -0.15) is 0 Å². The molecule has 96 valence electrons. The Morgan fingerprint density at radius 3 is 1.82 bits per heavy atom. The molecule has 7 nitrogen and oxygen atoms in total. The molecule has 0 aromatic carbocycles. The summed E-state index contributed by atoms with van der Waals surface area (Å²) in [6.45, 7) is 0.127. The van der Waals surface area contributed by atoms with Crippen LogP contribution in [0.15, 0.2) is 30.6 Å². The molecular weight excluding hydrogens is 268 g/mol. The normalized spacial score (nSPS) is 13.0. The summed E-state index contributed by atoms with van der Waals surface area (Å²) in [5.41, 5.74) is 0. The summed E-state index contributed by atoms with van der Waals surface area (Å²) >= 11 is 0. The van der Waals surface area contributed by atoms with E-state index in [2.05, 4.69) is 0 Å². The molecule has 0 aliphatic rings. The van der Waals surface area contributed by atoms with Crippen LogP contribution in [0.3, 0.4) is 0 Å². The van der Waals surface area contributed by atoms with E-state index < -0.39 is 20.6 Å². The summed E-state index contributed by atoms with van der Waals surface area (Å²) in [6.07, 6.45) is 3.01. The molecule has 4 N–H and O–H groups in total. The molecule has 0 amide bonds. The van der Waals surface area contributed by atoms with Crippen LogP contribution in [0, 0.1) is 0 Å². The van der Waals surface area contributed by atoms with Crippen LogP contribution >= 0.6 is 15.2 Å². The van der Waals surface area contributed by atoms with Crippen molar-refractivity contribution in [1.82, 2.24) is 0 Å². The predicted octanol–water partition coefficient (Wildman–Crippen LogP) is 0.0457. The Morgan fingerprint density at radius 2 is 1.41 bits per heavy atom. The van der Waals surface area contributed by atoms with Crippen molar-refractivity contribution in [2.75, 3.05) is 0 Å². The Morgan fingerprint density at radius 1 is 0.941 bits per heavy atom. The number of hydrogen-bond acceptors (Lipinski definition) is 2. The van der Waals surface area contributed by atoms with Gasteiger partial charge in [-0.3, -0.25) is 9.13 Å². The van der Waals surface area contributed by atoms with Crippen LogP contribution in [0.5, 0.6) is 0 Å². The number of pyridine rings is 1. The lowest BCUT2D eigenvalue weighted by atomic mass is 10.4. The van der Waals surface area contributed by atoms with E-state index in [9.17, 15) is 9.13 Å². The molecule has 1 heterocycles. The maximum absolute atomic E-state index is 11.0. The van der Waals surface area contributed by atoms with Crippen molar-refractivity contribution >= 4 is 15.2 Å². The highest BCUT2D eigenvalue weighted by Gasteiger charge is 2.43. The number of aryl methyl sites for hydroxylation is 1. The van der Waals surface area contributed by atoms with Crippen molar-refractivity contribution < 1.29 is 33.3 Å². The zero-order valence-corrected chi connectivity index (χ0v) is 10.6. The molecule has 0 saturated carbocycles. The Labute approximate surface area is 98.1 Å². The second-order valence-corrected chi connectivity index (χ2v) is 7.57. The molecule has 1 aromatic heterocycles. The third kappa shape index (κ3) is 4.68. The van der Waals surface area contributed by atoms with Crippen LogP contribution in [-0.2, 0) is 15.7 Å². The van der Waals surface area contributed by atoms with Gasteiger partial charge in [0.15, 0.2) is 17.8 Å². The molecule has 0 unspecified atom stereocenters. The van der Waals surface area contributed by atoms with Crippen LogP contribution in [0.1, 0.15) is 6.42 Å². The van der Waals surface area contributed by atoms with E-state index in [0.29, 0.717) is 0 Å². The average Bonchev–Trinajstić information content (AvgIpc) is 2.15. The molecular formula is C8H14NO6P2+. The van der Waals surface area contributed by atoms with E-state index in [1.54, 1.807) is 35.2 Å². The van der Waals surface area contributed by atoms with E-state index in [0.717, 1.165) is 0 Å². The molecule has 1 rings (SSSR count). The Balaban J connectivity index is 2.77. The number of aromatic nitrogens is 1. The molecule has 9 heteroatoms. The van der Waals surface area contributed by atoms with E-state index in [-0.39, 0.29) is 13.0 Å². The summed E-state index contributed by atoms with van der Waals surface area (Å²) < 4.78 is 23.6. The Bertz CT molecular complexity index is 430. The summed E-state index contributed by atoms with van der Waals surface area (Å²) in [7, 11) is -9.62. The molecule has 0 atom stereocenters. The molecule has 0 aliphatic carbocycles. The lowest BCUT2D eigenvalue weighted by Crippen LogP contribution is -2.34. The minimum Gasteiger partial charge on any atom is -0.324 e. The van der Waals surface area contributed by atoms with Crippen LogP contribution in [-0.4, -0.2) is 25.0 Å². The molecule has 0 saturated heterocycles. The highest BCUT2D eigenvalue weighted by atomic mass is 31.2. The second kappa shape index (κ2) is 5.40. The fourth-order valence-corrected chi connectivity index (χ4v) is 3.85. The van der Waals surface area contributed by atoms with Crippen molar-refractivity contribution in [3.05, 3.63) is 30.6 Å². The highest BCUT2D eigenvalue weighted by Crippen LogP contribution is 2.61.